The molecule has 0 amide bonds. The number of piperazine rings is 1. The molecule has 0 radical (unpaired) electrons. The van der Waals surface area contributed by atoms with Gasteiger partial charge in [-0.3, -0.25) is 4.79 Å². The van der Waals surface area contributed by atoms with Crippen LogP contribution in [0.15, 0.2) is 24.3 Å². The van der Waals surface area contributed by atoms with Gasteiger partial charge < -0.3 is 15.0 Å². The summed E-state index contributed by atoms with van der Waals surface area (Å²) in [7, 11) is 1.44. The molecule has 0 spiro atoms. The Labute approximate surface area is 108 Å². The molecular formula is C14H20N2O2. The molecule has 1 heterocycles. The monoisotopic (exact) mass is 248 g/mol. The summed E-state index contributed by atoms with van der Waals surface area (Å²) in [4.78, 5) is 13.7. The van der Waals surface area contributed by atoms with E-state index in [1.54, 1.807) is 0 Å². The number of nitrogens with zero attached hydrogens (tertiary/aromatic N) is 1. The van der Waals surface area contributed by atoms with Crippen molar-refractivity contribution < 1.29 is 9.53 Å². The highest BCUT2D eigenvalue weighted by molar-refractivity contribution is 5.71. The summed E-state index contributed by atoms with van der Waals surface area (Å²) >= 11 is 0. The highest BCUT2D eigenvalue weighted by atomic mass is 16.5. The van der Waals surface area contributed by atoms with Crippen LogP contribution in [0.1, 0.15) is 12.0 Å². The summed E-state index contributed by atoms with van der Waals surface area (Å²) in [5, 5.41) is 3.33. The van der Waals surface area contributed by atoms with Gasteiger partial charge in [-0.1, -0.05) is 17.7 Å². The number of anilines is 1. The maximum absolute atomic E-state index is 11.4. The molecular weight excluding hydrogens is 228 g/mol. The van der Waals surface area contributed by atoms with Crippen molar-refractivity contribution in [1.29, 1.82) is 0 Å². The second kappa shape index (κ2) is 5.87. The van der Waals surface area contributed by atoms with Crippen molar-refractivity contribution >= 4 is 11.7 Å². The topological polar surface area (TPSA) is 41.6 Å². The minimum absolute atomic E-state index is 0.152. The van der Waals surface area contributed by atoms with Gasteiger partial charge in [-0.2, -0.15) is 0 Å². The number of ether oxygens (including phenoxy) is 1. The van der Waals surface area contributed by atoms with Crippen LogP contribution in [0, 0.1) is 6.92 Å². The first-order valence-electron chi connectivity index (χ1n) is 6.31. The minimum Gasteiger partial charge on any atom is -0.469 e. The molecule has 0 aromatic heterocycles. The van der Waals surface area contributed by atoms with Crippen LogP contribution in [0.5, 0.6) is 0 Å². The summed E-state index contributed by atoms with van der Waals surface area (Å²) in [6, 6.07) is 8.61. The van der Waals surface area contributed by atoms with Crippen molar-refractivity contribution in [2.45, 2.75) is 19.4 Å². The molecule has 1 unspecified atom stereocenters. The zero-order valence-corrected chi connectivity index (χ0v) is 11.0. The smallest absolute Gasteiger partial charge is 0.307 e. The lowest BCUT2D eigenvalue weighted by molar-refractivity contribution is -0.141. The molecule has 4 nitrogen and oxygen atoms in total. The number of esters is 1. The molecule has 0 aliphatic carbocycles. The van der Waals surface area contributed by atoms with Gasteiger partial charge in [0, 0.05) is 25.3 Å². The average molecular weight is 248 g/mol. The van der Waals surface area contributed by atoms with Crippen LogP contribution >= 0.6 is 0 Å². The lowest BCUT2D eigenvalue weighted by Crippen LogP contribution is -2.52. The van der Waals surface area contributed by atoms with Gasteiger partial charge in [0.2, 0.25) is 0 Å². The molecule has 1 fully saturated rings. The third-order valence-corrected chi connectivity index (χ3v) is 3.35. The summed E-state index contributed by atoms with van der Waals surface area (Å²) in [5.41, 5.74) is 2.43. The summed E-state index contributed by atoms with van der Waals surface area (Å²) < 4.78 is 4.76. The quantitative estimate of drug-likeness (QED) is 0.820. The fraction of sp³-hybridized carbons (Fsp3) is 0.500. The van der Waals surface area contributed by atoms with E-state index in [1.807, 2.05) is 0 Å². The van der Waals surface area contributed by atoms with Crippen LogP contribution in [-0.2, 0) is 9.53 Å². The van der Waals surface area contributed by atoms with Crippen LogP contribution in [0.2, 0.25) is 0 Å². The molecule has 1 aromatic carbocycles. The van der Waals surface area contributed by atoms with Crippen molar-refractivity contribution in [3.05, 3.63) is 29.8 Å². The largest absolute Gasteiger partial charge is 0.469 e. The Morgan fingerprint density at radius 3 is 2.83 bits per heavy atom. The van der Waals surface area contributed by atoms with Gasteiger partial charge in [0.05, 0.1) is 19.6 Å². The first-order chi connectivity index (χ1) is 8.70. The van der Waals surface area contributed by atoms with Crippen molar-refractivity contribution in [1.82, 2.24) is 5.32 Å². The maximum Gasteiger partial charge on any atom is 0.307 e. The van der Waals surface area contributed by atoms with E-state index < -0.39 is 0 Å². The van der Waals surface area contributed by atoms with Crippen molar-refractivity contribution in [2.75, 3.05) is 31.6 Å². The average Bonchev–Trinajstić information content (AvgIpc) is 2.40. The molecule has 1 aliphatic rings. The second-order valence-electron chi connectivity index (χ2n) is 4.67. The Balaban J connectivity index is 2.12. The first kappa shape index (κ1) is 12.9. The van der Waals surface area contributed by atoms with Gasteiger partial charge in [-0.25, -0.2) is 0 Å². The number of carbonyl (C=O) groups is 1. The lowest BCUT2D eigenvalue weighted by Gasteiger charge is -2.37. The molecule has 2 rings (SSSR count). The first-order valence-corrected chi connectivity index (χ1v) is 6.31. The van der Waals surface area contributed by atoms with E-state index in [-0.39, 0.29) is 12.0 Å². The third kappa shape index (κ3) is 3.01. The van der Waals surface area contributed by atoms with Crippen LogP contribution in [0.25, 0.3) is 0 Å². The highest BCUT2D eigenvalue weighted by Crippen LogP contribution is 2.20. The number of benzene rings is 1. The number of aryl methyl sites for hydroxylation is 1. The number of carbonyl (C=O) groups excluding carboxylic acids is 1. The zero-order valence-electron chi connectivity index (χ0n) is 11.0. The fourth-order valence-electron chi connectivity index (χ4n) is 2.30. The van der Waals surface area contributed by atoms with E-state index in [9.17, 15) is 4.79 Å². The van der Waals surface area contributed by atoms with Gasteiger partial charge in [0.15, 0.2) is 0 Å². The molecule has 1 atom stereocenters. The number of nitrogens with one attached hydrogen (secondary N) is 1. The zero-order chi connectivity index (χ0) is 13.0. The Morgan fingerprint density at radius 1 is 1.44 bits per heavy atom. The number of rotatable bonds is 3. The maximum atomic E-state index is 11.4. The predicted molar refractivity (Wildman–Crippen MR) is 71.8 cm³/mol. The van der Waals surface area contributed by atoms with E-state index in [0.717, 1.165) is 19.6 Å². The lowest BCUT2D eigenvalue weighted by atomic mass is 10.1. The van der Waals surface area contributed by atoms with E-state index in [1.165, 1.54) is 18.4 Å². The molecule has 18 heavy (non-hydrogen) atoms. The van der Waals surface area contributed by atoms with Gasteiger partial charge in [-0.15, -0.1) is 0 Å². The van der Waals surface area contributed by atoms with Gasteiger partial charge in [-0.05, 0) is 19.1 Å². The third-order valence-electron chi connectivity index (χ3n) is 3.35. The van der Waals surface area contributed by atoms with E-state index in [4.69, 9.17) is 4.74 Å². The fourth-order valence-corrected chi connectivity index (χ4v) is 2.30. The molecule has 1 N–H and O–H groups in total. The van der Waals surface area contributed by atoms with E-state index >= 15 is 0 Å². The predicted octanol–water partition coefficient (Wildman–Crippen LogP) is 1.34. The summed E-state index contributed by atoms with van der Waals surface area (Å²) in [6.45, 7) is 4.77. The Bertz CT molecular complexity index is 403. The van der Waals surface area contributed by atoms with Crippen molar-refractivity contribution in [2.24, 2.45) is 0 Å². The number of hydrogen-bond acceptors (Lipinski definition) is 4. The second-order valence-corrected chi connectivity index (χ2v) is 4.67. The minimum atomic E-state index is -0.152. The normalized spacial score (nSPS) is 19.7. The molecule has 4 heteroatoms. The Hall–Kier alpha value is -1.55. The van der Waals surface area contributed by atoms with Gasteiger partial charge in [0.1, 0.15) is 0 Å². The van der Waals surface area contributed by atoms with Crippen LogP contribution < -0.4 is 10.2 Å². The van der Waals surface area contributed by atoms with Gasteiger partial charge in [0.25, 0.3) is 0 Å². The Morgan fingerprint density at radius 2 is 2.17 bits per heavy atom. The van der Waals surface area contributed by atoms with Gasteiger partial charge >= 0.3 is 5.97 Å². The molecule has 0 saturated carbocycles. The molecule has 0 bridgehead atoms. The summed E-state index contributed by atoms with van der Waals surface area (Å²) in [5.74, 6) is -0.152. The van der Waals surface area contributed by atoms with Crippen molar-refractivity contribution in [3.63, 3.8) is 0 Å². The number of hydrogen-bond donors (Lipinski definition) is 1. The molecule has 98 valence electrons. The van der Waals surface area contributed by atoms with E-state index in [0.29, 0.717) is 6.42 Å². The van der Waals surface area contributed by atoms with E-state index in [2.05, 4.69) is 41.4 Å². The Kier molecular flexibility index (Phi) is 4.20. The SMILES string of the molecule is COC(=O)CC1CNCCN1c1ccc(C)cc1. The standard InChI is InChI=1S/C14H20N2O2/c1-11-3-5-12(6-4-11)16-8-7-15-10-13(16)9-14(17)18-2/h3-6,13,15H,7-10H2,1-2H3. The van der Waals surface area contributed by atoms with Crippen LogP contribution in [0.3, 0.4) is 0 Å². The van der Waals surface area contributed by atoms with Crippen molar-refractivity contribution in [3.8, 4) is 0 Å². The summed E-state index contributed by atoms with van der Waals surface area (Å²) in [6.07, 6.45) is 0.428. The van der Waals surface area contributed by atoms with Crippen LogP contribution in [0.4, 0.5) is 5.69 Å². The highest BCUT2D eigenvalue weighted by Gasteiger charge is 2.24. The number of methoxy groups -OCH3 is 1. The molecule has 1 aromatic rings. The van der Waals surface area contributed by atoms with Crippen LogP contribution in [-0.4, -0.2) is 38.8 Å². The molecule has 1 aliphatic heterocycles. The molecule has 1 saturated heterocycles.